The standard InChI is InChI=1S/C15H16ClNO/c1-10-3-6-13(16)9-15(10)17-11(2)12-4-7-14(18)8-5-12/h3-9,11,17-18H,1-2H3. The maximum Gasteiger partial charge on any atom is 0.115 e. The summed E-state index contributed by atoms with van der Waals surface area (Å²) in [7, 11) is 0. The number of aromatic hydroxyl groups is 1. The fraction of sp³-hybridized carbons (Fsp3) is 0.200. The predicted octanol–water partition coefficient (Wildman–Crippen LogP) is 4.53. The molecule has 94 valence electrons. The minimum absolute atomic E-state index is 0.155. The summed E-state index contributed by atoms with van der Waals surface area (Å²) in [5, 5.41) is 13.4. The number of hydrogen-bond donors (Lipinski definition) is 2. The van der Waals surface area contributed by atoms with Crippen molar-refractivity contribution in [3.05, 3.63) is 58.6 Å². The number of anilines is 1. The van der Waals surface area contributed by atoms with Gasteiger partial charge in [-0.2, -0.15) is 0 Å². The van der Waals surface area contributed by atoms with Gasteiger partial charge in [-0.1, -0.05) is 29.8 Å². The monoisotopic (exact) mass is 261 g/mol. The minimum Gasteiger partial charge on any atom is -0.508 e. The fourth-order valence-corrected chi connectivity index (χ4v) is 2.00. The molecule has 1 unspecified atom stereocenters. The number of rotatable bonds is 3. The molecular weight excluding hydrogens is 246 g/mol. The highest BCUT2D eigenvalue weighted by atomic mass is 35.5. The van der Waals surface area contributed by atoms with E-state index in [1.54, 1.807) is 12.1 Å². The second-order valence-electron chi connectivity index (χ2n) is 4.42. The maximum atomic E-state index is 9.27. The zero-order valence-corrected chi connectivity index (χ0v) is 11.2. The summed E-state index contributed by atoms with van der Waals surface area (Å²) in [6.07, 6.45) is 0. The Hall–Kier alpha value is -1.67. The molecule has 2 aromatic carbocycles. The second kappa shape index (κ2) is 5.32. The smallest absolute Gasteiger partial charge is 0.115 e. The molecule has 0 aliphatic rings. The first kappa shape index (κ1) is 12.8. The summed E-state index contributed by atoms with van der Waals surface area (Å²) in [6.45, 7) is 4.12. The molecule has 0 saturated heterocycles. The van der Waals surface area contributed by atoms with Gasteiger partial charge in [-0.15, -0.1) is 0 Å². The van der Waals surface area contributed by atoms with Crippen LogP contribution in [0.1, 0.15) is 24.1 Å². The molecule has 0 bridgehead atoms. The van der Waals surface area contributed by atoms with E-state index in [0.29, 0.717) is 0 Å². The lowest BCUT2D eigenvalue weighted by atomic mass is 10.1. The van der Waals surface area contributed by atoms with Crippen LogP contribution in [0.15, 0.2) is 42.5 Å². The molecule has 2 rings (SSSR count). The molecule has 1 atom stereocenters. The van der Waals surface area contributed by atoms with E-state index in [0.717, 1.165) is 21.8 Å². The highest BCUT2D eigenvalue weighted by Gasteiger charge is 2.07. The summed E-state index contributed by atoms with van der Waals surface area (Å²) < 4.78 is 0. The van der Waals surface area contributed by atoms with E-state index < -0.39 is 0 Å². The Bertz CT molecular complexity index is 537. The Morgan fingerprint density at radius 3 is 2.44 bits per heavy atom. The topological polar surface area (TPSA) is 32.3 Å². The molecule has 0 heterocycles. The second-order valence-corrected chi connectivity index (χ2v) is 4.85. The van der Waals surface area contributed by atoms with Crippen molar-refractivity contribution in [1.29, 1.82) is 0 Å². The Balaban J connectivity index is 2.18. The molecule has 2 nitrogen and oxygen atoms in total. The zero-order valence-electron chi connectivity index (χ0n) is 10.4. The van der Waals surface area contributed by atoms with E-state index in [1.165, 1.54) is 0 Å². The van der Waals surface area contributed by atoms with Crippen LogP contribution in [0, 0.1) is 6.92 Å². The molecule has 0 amide bonds. The Morgan fingerprint density at radius 1 is 1.11 bits per heavy atom. The first-order chi connectivity index (χ1) is 8.56. The van der Waals surface area contributed by atoms with Crippen molar-refractivity contribution in [2.24, 2.45) is 0 Å². The van der Waals surface area contributed by atoms with Crippen LogP contribution in [-0.4, -0.2) is 5.11 Å². The third kappa shape index (κ3) is 2.96. The third-order valence-corrected chi connectivity index (χ3v) is 3.20. The van der Waals surface area contributed by atoms with Gasteiger partial charge < -0.3 is 10.4 Å². The van der Waals surface area contributed by atoms with Crippen LogP contribution in [0.2, 0.25) is 5.02 Å². The molecule has 0 aliphatic carbocycles. The Kier molecular flexibility index (Phi) is 3.78. The van der Waals surface area contributed by atoms with Gasteiger partial charge in [0.1, 0.15) is 5.75 Å². The number of halogens is 1. The van der Waals surface area contributed by atoms with Gasteiger partial charge in [-0.05, 0) is 49.2 Å². The van der Waals surface area contributed by atoms with Gasteiger partial charge in [0, 0.05) is 16.8 Å². The summed E-state index contributed by atoms with van der Waals surface area (Å²) in [5.41, 5.74) is 3.31. The number of benzene rings is 2. The summed E-state index contributed by atoms with van der Waals surface area (Å²) in [6, 6.07) is 13.2. The quantitative estimate of drug-likeness (QED) is 0.851. The minimum atomic E-state index is 0.155. The number of aryl methyl sites for hydroxylation is 1. The van der Waals surface area contributed by atoms with Gasteiger partial charge in [0.15, 0.2) is 0 Å². The van der Waals surface area contributed by atoms with E-state index in [4.69, 9.17) is 11.6 Å². The summed E-state index contributed by atoms with van der Waals surface area (Å²) >= 11 is 5.99. The third-order valence-electron chi connectivity index (χ3n) is 2.96. The van der Waals surface area contributed by atoms with Crippen molar-refractivity contribution < 1.29 is 5.11 Å². The van der Waals surface area contributed by atoms with Crippen molar-refractivity contribution >= 4 is 17.3 Å². The molecule has 0 fully saturated rings. The van der Waals surface area contributed by atoms with Gasteiger partial charge in [0.05, 0.1) is 0 Å². The van der Waals surface area contributed by atoms with Crippen LogP contribution in [-0.2, 0) is 0 Å². The Labute approximate surface area is 112 Å². The average Bonchev–Trinajstić information content (AvgIpc) is 2.34. The summed E-state index contributed by atoms with van der Waals surface area (Å²) in [4.78, 5) is 0. The lowest BCUT2D eigenvalue weighted by Crippen LogP contribution is -2.07. The van der Waals surface area contributed by atoms with Crippen LogP contribution < -0.4 is 5.32 Å². The van der Waals surface area contributed by atoms with Gasteiger partial charge >= 0.3 is 0 Å². The Morgan fingerprint density at radius 2 is 1.78 bits per heavy atom. The van der Waals surface area contributed by atoms with Gasteiger partial charge in [-0.25, -0.2) is 0 Å². The molecule has 2 aromatic rings. The van der Waals surface area contributed by atoms with E-state index in [2.05, 4.69) is 12.2 Å². The van der Waals surface area contributed by atoms with Gasteiger partial charge in [-0.3, -0.25) is 0 Å². The van der Waals surface area contributed by atoms with Crippen molar-refractivity contribution in [2.45, 2.75) is 19.9 Å². The largest absolute Gasteiger partial charge is 0.508 e. The van der Waals surface area contributed by atoms with E-state index in [-0.39, 0.29) is 11.8 Å². The molecule has 0 aromatic heterocycles. The first-order valence-corrected chi connectivity index (χ1v) is 6.25. The van der Waals surface area contributed by atoms with Crippen LogP contribution in [0.5, 0.6) is 5.75 Å². The van der Waals surface area contributed by atoms with Crippen LogP contribution in [0.3, 0.4) is 0 Å². The van der Waals surface area contributed by atoms with Crippen molar-refractivity contribution in [3.8, 4) is 5.75 Å². The summed E-state index contributed by atoms with van der Waals surface area (Å²) in [5.74, 6) is 0.282. The van der Waals surface area contributed by atoms with Crippen molar-refractivity contribution in [3.63, 3.8) is 0 Å². The number of phenols is 1. The molecule has 2 N–H and O–H groups in total. The lowest BCUT2D eigenvalue weighted by molar-refractivity contribution is 0.475. The normalized spacial score (nSPS) is 12.2. The fourth-order valence-electron chi connectivity index (χ4n) is 1.83. The van der Waals surface area contributed by atoms with E-state index >= 15 is 0 Å². The van der Waals surface area contributed by atoms with Gasteiger partial charge in [0.2, 0.25) is 0 Å². The average molecular weight is 262 g/mol. The van der Waals surface area contributed by atoms with Crippen LogP contribution in [0.25, 0.3) is 0 Å². The van der Waals surface area contributed by atoms with Crippen molar-refractivity contribution in [2.75, 3.05) is 5.32 Å². The highest BCUT2D eigenvalue weighted by Crippen LogP contribution is 2.25. The maximum absolute atomic E-state index is 9.27. The SMILES string of the molecule is Cc1ccc(Cl)cc1NC(C)c1ccc(O)cc1. The van der Waals surface area contributed by atoms with Crippen LogP contribution >= 0.6 is 11.6 Å². The zero-order chi connectivity index (χ0) is 13.1. The molecule has 3 heteroatoms. The lowest BCUT2D eigenvalue weighted by Gasteiger charge is -2.17. The number of phenolic OH excluding ortho intramolecular Hbond substituents is 1. The predicted molar refractivity (Wildman–Crippen MR) is 76.3 cm³/mol. The molecular formula is C15H16ClNO. The van der Waals surface area contributed by atoms with Crippen LogP contribution in [0.4, 0.5) is 5.69 Å². The van der Waals surface area contributed by atoms with Crippen molar-refractivity contribution in [1.82, 2.24) is 0 Å². The molecule has 0 aliphatic heterocycles. The molecule has 0 spiro atoms. The highest BCUT2D eigenvalue weighted by molar-refractivity contribution is 6.30. The molecule has 0 radical (unpaired) electrons. The molecule has 0 saturated carbocycles. The number of hydrogen-bond acceptors (Lipinski definition) is 2. The first-order valence-electron chi connectivity index (χ1n) is 5.88. The van der Waals surface area contributed by atoms with E-state index in [1.807, 2.05) is 37.3 Å². The van der Waals surface area contributed by atoms with E-state index in [9.17, 15) is 5.11 Å². The van der Waals surface area contributed by atoms with Gasteiger partial charge in [0.25, 0.3) is 0 Å². The number of nitrogens with one attached hydrogen (secondary N) is 1. The molecule has 18 heavy (non-hydrogen) atoms.